The molecule has 37 heavy (non-hydrogen) atoms. The van der Waals surface area contributed by atoms with Crippen LogP contribution in [-0.4, -0.2) is 33.3 Å². The van der Waals surface area contributed by atoms with Crippen molar-refractivity contribution in [3.05, 3.63) is 63.8 Å². The van der Waals surface area contributed by atoms with Gasteiger partial charge in [-0.2, -0.15) is 0 Å². The first kappa shape index (κ1) is 23.7. The molecule has 6 rings (SSSR count). The van der Waals surface area contributed by atoms with E-state index in [1.165, 1.54) is 16.9 Å². The summed E-state index contributed by atoms with van der Waals surface area (Å²) in [4.78, 5) is 42.9. The van der Waals surface area contributed by atoms with Crippen molar-refractivity contribution in [3.63, 3.8) is 0 Å². The van der Waals surface area contributed by atoms with E-state index in [1.54, 1.807) is 12.1 Å². The number of amides is 2. The zero-order valence-corrected chi connectivity index (χ0v) is 22.1. The van der Waals surface area contributed by atoms with Crippen molar-refractivity contribution in [1.82, 2.24) is 15.0 Å². The van der Waals surface area contributed by atoms with Crippen LogP contribution in [0, 0.1) is 12.8 Å². The SMILES string of the molecule is CCc1nc2ccc(C(=O)Nc3nc(-c4ccc5c(c4)CCN5C(=O)C4CC4)c(C)s3)cc2nc1CC. The van der Waals surface area contributed by atoms with Crippen molar-refractivity contribution in [2.24, 2.45) is 5.92 Å². The summed E-state index contributed by atoms with van der Waals surface area (Å²) < 4.78 is 0. The van der Waals surface area contributed by atoms with Crippen LogP contribution in [0.1, 0.15) is 58.9 Å². The average molecular weight is 512 g/mol. The minimum Gasteiger partial charge on any atom is -0.312 e. The topological polar surface area (TPSA) is 88.1 Å². The van der Waals surface area contributed by atoms with Crippen molar-refractivity contribution in [2.45, 2.75) is 52.9 Å². The molecule has 1 fully saturated rings. The highest BCUT2D eigenvalue weighted by Crippen LogP contribution is 2.39. The molecular formula is C29H29N5O2S. The van der Waals surface area contributed by atoms with E-state index in [4.69, 9.17) is 15.0 Å². The molecule has 1 N–H and O–H groups in total. The summed E-state index contributed by atoms with van der Waals surface area (Å²) in [6.45, 7) is 6.91. The van der Waals surface area contributed by atoms with Crippen molar-refractivity contribution in [1.29, 1.82) is 0 Å². The van der Waals surface area contributed by atoms with Gasteiger partial charge in [-0.1, -0.05) is 19.9 Å². The summed E-state index contributed by atoms with van der Waals surface area (Å²) in [5.41, 5.74) is 8.11. The molecule has 0 unspecified atom stereocenters. The van der Waals surface area contributed by atoms with Crippen LogP contribution in [0.4, 0.5) is 10.8 Å². The Kier molecular flexibility index (Phi) is 5.99. The molecular weight excluding hydrogens is 482 g/mol. The van der Waals surface area contributed by atoms with Crippen molar-refractivity contribution >= 4 is 45.0 Å². The fourth-order valence-corrected chi connectivity index (χ4v) is 5.88. The van der Waals surface area contributed by atoms with E-state index in [0.717, 1.165) is 82.9 Å². The molecule has 1 aliphatic heterocycles. The van der Waals surface area contributed by atoms with Gasteiger partial charge >= 0.3 is 0 Å². The summed E-state index contributed by atoms with van der Waals surface area (Å²) in [6, 6.07) is 11.7. The van der Waals surface area contributed by atoms with Crippen LogP contribution in [0.2, 0.25) is 0 Å². The molecule has 0 atom stereocenters. The number of nitrogens with zero attached hydrogens (tertiary/aromatic N) is 4. The maximum Gasteiger partial charge on any atom is 0.257 e. The maximum atomic E-state index is 13.1. The molecule has 2 amide bonds. The zero-order chi connectivity index (χ0) is 25.7. The number of benzene rings is 2. The lowest BCUT2D eigenvalue weighted by molar-refractivity contribution is -0.119. The molecule has 2 aromatic carbocycles. The Morgan fingerprint density at radius 2 is 1.76 bits per heavy atom. The number of carbonyl (C=O) groups excluding carboxylic acids is 2. The Morgan fingerprint density at radius 3 is 2.49 bits per heavy atom. The highest BCUT2D eigenvalue weighted by molar-refractivity contribution is 7.16. The summed E-state index contributed by atoms with van der Waals surface area (Å²) in [6.07, 6.45) is 4.53. The summed E-state index contributed by atoms with van der Waals surface area (Å²) in [7, 11) is 0. The minimum absolute atomic E-state index is 0.217. The number of fused-ring (bicyclic) bond motifs is 2. The molecule has 0 bridgehead atoms. The first-order chi connectivity index (χ1) is 17.9. The zero-order valence-electron chi connectivity index (χ0n) is 21.3. The van der Waals surface area contributed by atoms with Gasteiger partial charge in [-0.05, 0) is 74.9 Å². The lowest BCUT2D eigenvalue weighted by atomic mass is 10.1. The van der Waals surface area contributed by atoms with E-state index in [9.17, 15) is 9.59 Å². The number of carbonyl (C=O) groups is 2. The van der Waals surface area contributed by atoms with Gasteiger partial charge in [-0.15, -0.1) is 11.3 Å². The van der Waals surface area contributed by atoms with Gasteiger partial charge in [0.2, 0.25) is 5.91 Å². The number of hydrogen-bond donors (Lipinski definition) is 1. The second-order valence-electron chi connectivity index (χ2n) is 9.76. The van der Waals surface area contributed by atoms with Crippen LogP contribution in [-0.2, 0) is 24.1 Å². The summed E-state index contributed by atoms with van der Waals surface area (Å²) >= 11 is 1.46. The van der Waals surface area contributed by atoms with Gasteiger partial charge < -0.3 is 4.90 Å². The molecule has 1 saturated carbocycles. The number of aromatic nitrogens is 3. The van der Waals surface area contributed by atoms with Crippen LogP contribution in [0.3, 0.4) is 0 Å². The van der Waals surface area contributed by atoms with Gasteiger partial charge in [0.1, 0.15) is 0 Å². The highest BCUT2D eigenvalue weighted by Gasteiger charge is 2.36. The van der Waals surface area contributed by atoms with E-state index in [0.29, 0.717) is 10.7 Å². The third kappa shape index (κ3) is 4.39. The van der Waals surface area contributed by atoms with Crippen LogP contribution in [0.15, 0.2) is 36.4 Å². The third-order valence-corrected chi connectivity index (χ3v) is 8.10. The number of aryl methyl sites for hydroxylation is 3. The number of nitrogens with one attached hydrogen (secondary N) is 1. The lowest BCUT2D eigenvalue weighted by Crippen LogP contribution is -2.30. The molecule has 0 saturated heterocycles. The second kappa shape index (κ2) is 9.34. The number of hydrogen-bond acceptors (Lipinski definition) is 6. The largest absolute Gasteiger partial charge is 0.312 e. The van der Waals surface area contributed by atoms with Crippen LogP contribution in [0.5, 0.6) is 0 Å². The highest BCUT2D eigenvalue weighted by atomic mass is 32.1. The fourth-order valence-electron chi connectivity index (χ4n) is 5.05. The van der Waals surface area contributed by atoms with Gasteiger partial charge in [0, 0.05) is 34.2 Å². The quantitative estimate of drug-likeness (QED) is 0.357. The van der Waals surface area contributed by atoms with Gasteiger partial charge in [0.05, 0.1) is 28.1 Å². The smallest absolute Gasteiger partial charge is 0.257 e. The molecule has 8 heteroatoms. The molecule has 4 aromatic rings. The van der Waals surface area contributed by atoms with Gasteiger partial charge in [0.25, 0.3) is 5.91 Å². The van der Waals surface area contributed by atoms with Crippen LogP contribution < -0.4 is 10.2 Å². The third-order valence-electron chi connectivity index (χ3n) is 7.21. The Labute approximate surface area is 220 Å². The van der Waals surface area contributed by atoms with E-state index >= 15 is 0 Å². The maximum absolute atomic E-state index is 13.1. The van der Waals surface area contributed by atoms with Crippen molar-refractivity contribution in [2.75, 3.05) is 16.8 Å². The monoisotopic (exact) mass is 511 g/mol. The molecule has 0 radical (unpaired) electrons. The lowest BCUT2D eigenvalue weighted by Gasteiger charge is -2.17. The molecule has 3 heterocycles. The normalized spacial score (nSPS) is 14.7. The Bertz CT molecular complexity index is 1560. The predicted octanol–water partition coefficient (Wildman–Crippen LogP) is 5.74. The Balaban J connectivity index is 1.22. The first-order valence-electron chi connectivity index (χ1n) is 13.0. The standard InChI is InChI=1S/C29H29N5O2S/c1-4-21-22(5-2)31-24-15-20(8-10-23(24)30-21)27(35)33-29-32-26(16(3)37-29)19-9-11-25-18(14-19)12-13-34(25)28(36)17-6-7-17/h8-11,14-15,17H,4-7,12-13H2,1-3H3,(H,32,33,35). The molecule has 2 aromatic heterocycles. The molecule has 1 aliphatic carbocycles. The van der Waals surface area contributed by atoms with E-state index < -0.39 is 0 Å². The van der Waals surface area contributed by atoms with Crippen molar-refractivity contribution < 1.29 is 9.59 Å². The molecule has 188 valence electrons. The van der Waals surface area contributed by atoms with Gasteiger partial charge in [0.15, 0.2) is 5.13 Å². The van der Waals surface area contributed by atoms with Crippen LogP contribution >= 0.6 is 11.3 Å². The molecule has 0 spiro atoms. The summed E-state index contributed by atoms with van der Waals surface area (Å²) in [5, 5.41) is 3.53. The van der Waals surface area contributed by atoms with E-state index in [2.05, 4.69) is 25.2 Å². The first-order valence-corrected chi connectivity index (χ1v) is 13.8. The molecule has 2 aliphatic rings. The summed E-state index contributed by atoms with van der Waals surface area (Å²) in [5.74, 6) is 0.261. The van der Waals surface area contributed by atoms with Gasteiger partial charge in [-0.25, -0.2) is 15.0 Å². The minimum atomic E-state index is -0.218. The van der Waals surface area contributed by atoms with E-state index in [-0.39, 0.29) is 17.7 Å². The van der Waals surface area contributed by atoms with Gasteiger partial charge in [-0.3, -0.25) is 14.9 Å². The average Bonchev–Trinajstić information content (AvgIpc) is 3.58. The second-order valence-corrected chi connectivity index (χ2v) is 11.0. The molecule has 7 nitrogen and oxygen atoms in total. The van der Waals surface area contributed by atoms with Crippen LogP contribution in [0.25, 0.3) is 22.3 Å². The Morgan fingerprint density at radius 1 is 1.00 bits per heavy atom. The number of anilines is 2. The number of rotatable bonds is 6. The van der Waals surface area contributed by atoms with E-state index in [1.807, 2.05) is 30.0 Å². The predicted molar refractivity (Wildman–Crippen MR) is 147 cm³/mol. The fraction of sp³-hybridized carbons (Fsp3) is 0.345. The van der Waals surface area contributed by atoms with Crippen molar-refractivity contribution in [3.8, 4) is 11.3 Å². The Hall–Kier alpha value is -3.65. The number of thiazole rings is 1.